The van der Waals surface area contributed by atoms with Crippen LogP contribution in [0.3, 0.4) is 0 Å². The number of methoxy groups -OCH3 is 1. The summed E-state index contributed by atoms with van der Waals surface area (Å²) < 4.78 is 7.34. The van der Waals surface area contributed by atoms with Crippen LogP contribution in [0.2, 0.25) is 0 Å². The van der Waals surface area contributed by atoms with Crippen LogP contribution >= 0.6 is 0 Å². The van der Waals surface area contributed by atoms with E-state index < -0.39 is 0 Å². The molecule has 6 heteroatoms. The molecule has 0 saturated carbocycles. The van der Waals surface area contributed by atoms with Crippen LogP contribution in [0.25, 0.3) is 16.7 Å². The number of rotatable bonds is 5. The van der Waals surface area contributed by atoms with Crippen LogP contribution in [0.5, 0.6) is 5.75 Å². The number of fused-ring (bicyclic) bond motifs is 1. The van der Waals surface area contributed by atoms with Crippen LogP contribution in [0.15, 0.2) is 48.5 Å². The Balaban J connectivity index is 2.18. The van der Waals surface area contributed by atoms with E-state index in [9.17, 15) is 4.79 Å². The van der Waals surface area contributed by atoms with Gasteiger partial charge in [-0.15, -0.1) is 0 Å². The molecule has 23 heavy (non-hydrogen) atoms. The fourth-order valence-electron chi connectivity index (χ4n) is 2.50. The van der Waals surface area contributed by atoms with Crippen LogP contribution in [0.1, 0.15) is 0 Å². The molecule has 0 bridgehead atoms. The molecule has 118 valence electrons. The molecule has 1 heterocycles. The quantitative estimate of drug-likeness (QED) is 0.758. The predicted molar refractivity (Wildman–Crippen MR) is 90.2 cm³/mol. The first kappa shape index (κ1) is 15.1. The molecule has 3 aromatic rings. The number of para-hydroxylation sites is 4. The maximum Gasteiger partial charge on any atom is 0.240 e. The van der Waals surface area contributed by atoms with E-state index in [4.69, 9.17) is 4.74 Å². The lowest BCUT2D eigenvalue weighted by Gasteiger charge is -2.13. The van der Waals surface area contributed by atoms with Crippen LogP contribution in [0.4, 0.5) is 5.95 Å². The summed E-state index contributed by atoms with van der Waals surface area (Å²) in [5, 5.41) is 5.68. The number of hydrogen-bond donors (Lipinski definition) is 2. The van der Waals surface area contributed by atoms with Crippen molar-refractivity contribution < 1.29 is 9.53 Å². The zero-order valence-electron chi connectivity index (χ0n) is 13.0. The minimum atomic E-state index is -0.154. The van der Waals surface area contributed by atoms with E-state index >= 15 is 0 Å². The van der Waals surface area contributed by atoms with Crippen LogP contribution in [0, 0.1) is 0 Å². The Kier molecular flexibility index (Phi) is 4.25. The average Bonchev–Trinajstić information content (AvgIpc) is 2.92. The number of hydrogen-bond acceptors (Lipinski definition) is 4. The highest BCUT2D eigenvalue weighted by Gasteiger charge is 2.16. The number of benzene rings is 2. The summed E-state index contributed by atoms with van der Waals surface area (Å²) in [5.41, 5.74) is 2.53. The highest BCUT2D eigenvalue weighted by molar-refractivity contribution is 5.93. The van der Waals surface area contributed by atoms with Gasteiger partial charge in [-0.1, -0.05) is 24.3 Å². The van der Waals surface area contributed by atoms with Gasteiger partial charge in [0.2, 0.25) is 11.9 Å². The summed E-state index contributed by atoms with van der Waals surface area (Å²) in [6.07, 6.45) is 0. The van der Waals surface area contributed by atoms with Gasteiger partial charge in [0.15, 0.2) is 0 Å². The van der Waals surface area contributed by atoms with Gasteiger partial charge in [0.25, 0.3) is 0 Å². The summed E-state index contributed by atoms with van der Waals surface area (Å²) in [5.74, 6) is 1.02. The fraction of sp³-hybridized carbons (Fsp3) is 0.176. The Morgan fingerprint density at radius 3 is 2.70 bits per heavy atom. The third kappa shape index (κ3) is 2.89. The molecule has 2 N–H and O–H groups in total. The van der Waals surface area contributed by atoms with E-state index in [0.29, 0.717) is 11.7 Å². The minimum absolute atomic E-state index is 0.154. The Morgan fingerprint density at radius 1 is 1.17 bits per heavy atom. The number of amides is 1. The lowest BCUT2D eigenvalue weighted by molar-refractivity contribution is -0.115. The smallest absolute Gasteiger partial charge is 0.240 e. The summed E-state index contributed by atoms with van der Waals surface area (Å²) in [4.78, 5) is 16.5. The number of carbonyl (C=O) groups is 1. The first-order valence-corrected chi connectivity index (χ1v) is 7.30. The van der Waals surface area contributed by atoms with Crippen molar-refractivity contribution in [1.29, 1.82) is 0 Å². The number of likely N-dealkylation sites (N-methyl/N-ethyl adjacent to an activating group) is 1. The predicted octanol–water partition coefficient (Wildman–Crippen LogP) is 2.19. The van der Waals surface area contributed by atoms with Crippen molar-refractivity contribution in [2.75, 3.05) is 26.0 Å². The van der Waals surface area contributed by atoms with Crippen molar-refractivity contribution in [3.05, 3.63) is 48.5 Å². The Morgan fingerprint density at radius 2 is 1.91 bits per heavy atom. The molecule has 1 aromatic heterocycles. The van der Waals surface area contributed by atoms with Gasteiger partial charge >= 0.3 is 0 Å². The van der Waals surface area contributed by atoms with Crippen LogP contribution in [-0.4, -0.2) is 36.2 Å². The molecule has 0 fully saturated rings. The fourth-order valence-corrected chi connectivity index (χ4v) is 2.50. The SMILES string of the molecule is CNCC(=O)Nc1nc2ccccc2n1-c1ccccc1OC. The summed E-state index contributed by atoms with van der Waals surface area (Å²) in [6, 6.07) is 15.4. The van der Waals surface area contributed by atoms with Gasteiger partial charge in [-0.3, -0.25) is 14.7 Å². The molecule has 0 spiro atoms. The lowest BCUT2D eigenvalue weighted by atomic mass is 10.2. The van der Waals surface area contributed by atoms with E-state index in [1.807, 2.05) is 53.1 Å². The zero-order valence-corrected chi connectivity index (χ0v) is 13.0. The molecule has 0 saturated heterocycles. The van der Waals surface area contributed by atoms with E-state index in [2.05, 4.69) is 15.6 Å². The molecule has 0 radical (unpaired) electrons. The first-order valence-electron chi connectivity index (χ1n) is 7.30. The molecule has 0 atom stereocenters. The molecule has 0 aliphatic rings. The highest BCUT2D eigenvalue weighted by Crippen LogP contribution is 2.30. The van der Waals surface area contributed by atoms with Gasteiger partial charge in [0, 0.05) is 0 Å². The summed E-state index contributed by atoms with van der Waals surface area (Å²) >= 11 is 0. The normalized spacial score (nSPS) is 10.7. The van der Waals surface area contributed by atoms with E-state index in [0.717, 1.165) is 16.7 Å². The van der Waals surface area contributed by atoms with Crippen molar-refractivity contribution in [2.24, 2.45) is 0 Å². The van der Waals surface area contributed by atoms with E-state index in [1.165, 1.54) is 0 Å². The number of imidazole rings is 1. The molecular formula is C17H18N4O2. The zero-order chi connectivity index (χ0) is 16.2. The van der Waals surface area contributed by atoms with Crippen molar-refractivity contribution in [3.63, 3.8) is 0 Å². The maximum absolute atomic E-state index is 12.0. The monoisotopic (exact) mass is 310 g/mol. The molecular weight excluding hydrogens is 292 g/mol. The largest absolute Gasteiger partial charge is 0.495 e. The van der Waals surface area contributed by atoms with Crippen molar-refractivity contribution in [3.8, 4) is 11.4 Å². The van der Waals surface area contributed by atoms with Gasteiger partial charge in [0.05, 0.1) is 30.4 Å². The number of nitrogens with one attached hydrogen (secondary N) is 2. The molecule has 0 aliphatic carbocycles. The second kappa shape index (κ2) is 6.50. The van der Waals surface area contributed by atoms with Gasteiger partial charge < -0.3 is 10.1 Å². The highest BCUT2D eigenvalue weighted by atomic mass is 16.5. The van der Waals surface area contributed by atoms with Gasteiger partial charge in [-0.25, -0.2) is 4.98 Å². The molecule has 0 unspecified atom stereocenters. The van der Waals surface area contributed by atoms with Gasteiger partial charge in [-0.05, 0) is 31.3 Å². The second-order valence-corrected chi connectivity index (χ2v) is 5.01. The van der Waals surface area contributed by atoms with Crippen molar-refractivity contribution >= 4 is 22.9 Å². The Hall–Kier alpha value is -2.86. The van der Waals surface area contributed by atoms with E-state index in [1.54, 1.807) is 14.2 Å². The molecule has 2 aromatic carbocycles. The number of anilines is 1. The lowest BCUT2D eigenvalue weighted by Crippen LogP contribution is -2.26. The minimum Gasteiger partial charge on any atom is -0.495 e. The number of nitrogens with zero attached hydrogens (tertiary/aromatic N) is 2. The standard InChI is InChI=1S/C17H18N4O2/c1-18-11-16(22)20-17-19-12-7-3-4-8-13(12)21(17)14-9-5-6-10-15(14)23-2/h3-10,18H,11H2,1-2H3,(H,19,20,22). The molecule has 6 nitrogen and oxygen atoms in total. The Labute approximate surface area is 134 Å². The van der Waals surface area contributed by atoms with Crippen LogP contribution in [-0.2, 0) is 4.79 Å². The average molecular weight is 310 g/mol. The van der Waals surface area contributed by atoms with Gasteiger partial charge in [-0.2, -0.15) is 0 Å². The topological polar surface area (TPSA) is 68.2 Å². The maximum atomic E-state index is 12.0. The van der Waals surface area contributed by atoms with Gasteiger partial charge in [0.1, 0.15) is 5.75 Å². The number of carbonyl (C=O) groups excluding carboxylic acids is 1. The molecule has 3 rings (SSSR count). The third-order valence-electron chi connectivity index (χ3n) is 3.48. The van der Waals surface area contributed by atoms with E-state index in [-0.39, 0.29) is 12.5 Å². The van der Waals surface area contributed by atoms with Crippen molar-refractivity contribution in [2.45, 2.75) is 0 Å². The second-order valence-electron chi connectivity index (χ2n) is 5.01. The van der Waals surface area contributed by atoms with Crippen LogP contribution < -0.4 is 15.4 Å². The summed E-state index contributed by atoms with van der Waals surface area (Å²) in [7, 11) is 3.35. The van der Waals surface area contributed by atoms with Crippen molar-refractivity contribution in [1.82, 2.24) is 14.9 Å². The third-order valence-corrected chi connectivity index (χ3v) is 3.48. The molecule has 1 amide bonds. The Bertz CT molecular complexity index is 841. The number of ether oxygens (including phenoxy) is 1. The summed E-state index contributed by atoms with van der Waals surface area (Å²) in [6.45, 7) is 0.217. The molecule has 0 aliphatic heterocycles. The number of aromatic nitrogens is 2. The first-order chi connectivity index (χ1) is 11.2.